The van der Waals surface area contributed by atoms with E-state index in [1.807, 2.05) is 12.1 Å². The number of carbonyl (C=O) groups is 2. The molecule has 1 aromatic rings. The molecular formula is C16H18ClNO3. The van der Waals surface area contributed by atoms with Crippen molar-refractivity contribution in [3.8, 4) is 0 Å². The number of amides is 1. The Bertz CT molecular complexity index is 535. The normalized spacial score (nSPS) is 15.7. The number of benzene rings is 1. The van der Waals surface area contributed by atoms with Gasteiger partial charge in [-0.2, -0.15) is 0 Å². The van der Waals surface area contributed by atoms with E-state index in [0.29, 0.717) is 17.5 Å². The molecule has 1 amide bonds. The third-order valence-corrected chi connectivity index (χ3v) is 3.71. The topological polar surface area (TPSA) is 55.4 Å². The van der Waals surface area contributed by atoms with E-state index in [-0.39, 0.29) is 11.8 Å². The van der Waals surface area contributed by atoms with Crippen LogP contribution in [0.3, 0.4) is 0 Å². The highest BCUT2D eigenvalue weighted by molar-refractivity contribution is 6.30. The van der Waals surface area contributed by atoms with E-state index < -0.39 is 5.97 Å². The molecule has 5 heteroatoms. The Morgan fingerprint density at radius 1 is 1.38 bits per heavy atom. The van der Waals surface area contributed by atoms with Gasteiger partial charge in [0.1, 0.15) is 0 Å². The largest absolute Gasteiger partial charge is 0.466 e. The summed E-state index contributed by atoms with van der Waals surface area (Å²) in [5.74, 6) is -0.195. The maximum Gasteiger partial charge on any atom is 0.330 e. The van der Waals surface area contributed by atoms with Crippen LogP contribution in [0.15, 0.2) is 36.4 Å². The molecule has 1 aromatic carbocycles. The molecule has 0 radical (unpaired) electrons. The number of ether oxygens (including phenoxy) is 1. The molecule has 4 nitrogen and oxygen atoms in total. The zero-order valence-electron chi connectivity index (χ0n) is 11.8. The highest BCUT2D eigenvalue weighted by Gasteiger charge is 2.36. The van der Waals surface area contributed by atoms with Gasteiger partial charge in [0.25, 0.3) is 0 Å². The molecule has 1 aliphatic carbocycles. The molecular weight excluding hydrogens is 290 g/mol. The van der Waals surface area contributed by atoms with Crippen molar-refractivity contribution in [3.05, 3.63) is 47.0 Å². The molecule has 0 bridgehead atoms. The first kappa shape index (κ1) is 15.6. The van der Waals surface area contributed by atoms with Gasteiger partial charge in [-0.1, -0.05) is 29.8 Å². The monoisotopic (exact) mass is 307 g/mol. The van der Waals surface area contributed by atoms with Crippen LogP contribution >= 0.6 is 11.6 Å². The molecule has 2 rings (SSSR count). The van der Waals surface area contributed by atoms with Crippen molar-refractivity contribution in [3.63, 3.8) is 0 Å². The highest BCUT2D eigenvalue weighted by Crippen LogP contribution is 2.42. The zero-order valence-corrected chi connectivity index (χ0v) is 12.6. The second-order valence-electron chi connectivity index (χ2n) is 5.04. The van der Waals surface area contributed by atoms with Crippen LogP contribution in [0.2, 0.25) is 5.02 Å². The van der Waals surface area contributed by atoms with Gasteiger partial charge in [-0.3, -0.25) is 4.79 Å². The second-order valence-corrected chi connectivity index (χ2v) is 5.47. The van der Waals surface area contributed by atoms with Crippen LogP contribution in [0.4, 0.5) is 0 Å². The number of methoxy groups -OCH3 is 1. The van der Waals surface area contributed by atoms with Crippen molar-refractivity contribution < 1.29 is 14.3 Å². The lowest BCUT2D eigenvalue weighted by atomic mass is 9.93. The second kappa shape index (κ2) is 7.27. The van der Waals surface area contributed by atoms with Gasteiger partial charge in [-0.25, -0.2) is 4.79 Å². The van der Waals surface area contributed by atoms with Gasteiger partial charge in [-0.15, -0.1) is 0 Å². The van der Waals surface area contributed by atoms with Crippen molar-refractivity contribution >= 4 is 23.5 Å². The van der Waals surface area contributed by atoms with E-state index in [0.717, 1.165) is 18.4 Å². The predicted molar refractivity (Wildman–Crippen MR) is 81.1 cm³/mol. The summed E-state index contributed by atoms with van der Waals surface area (Å²) in [5.41, 5.74) is 0.983. The maximum absolute atomic E-state index is 12.3. The lowest BCUT2D eigenvalue weighted by Crippen LogP contribution is -2.30. The van der Waals surface area contributed by atoms with Gasteiger partial charge in [0.2, 0.25) is 5.91 Å². The summed E-state index contributed by atoms with van der Waals surface area (Å²) in [5, 5.41) is 3.49. The van der Waals surface area contributed by atoms with E-state index in [1.54, 1.807) is 18.2 Å². The standard InChI is InChI=1S/C16H18ClNO3/c1-21-14(19)3-2-10-18-16(20)15(11-4-5-11)12-6-8-13(17)9-7-12/h2-3,6-9,11,15H,4-5,10H2,1H3,(H,18,20)/b3-2+. The highest BCUT2D eigenvalue weighted by atomic mass is 35.5. The van der Waals surface area contributed by atoms with Gasteiger partial charge >= 0.3 is 5.97 Å². The number of hydrogen-bond acceptors (Lipinski definition) is 3. The fraction of sp³-hybridized carbons (Fsp3) is 0.375. The number of esters is 1. The third kappa shape index (κ3) is 4.60. The van der Waals surface area contributed by atoms with Gasteiger partial charge in [-0.05, 0) is 36.5 Å². The van der Waals surface area contributed by atoms with Gasteiger partial charge in [0, 0.05) is 17.6 Å². The van der Waals surface area contributed by atoms with Crippen LogP contribution in [0.5, 0.6) is 0 Å². The SMILES string of the molecule is COC(=O)/C=C/CNC(=O)C(c1ccc(Cl)cc1)C1CC1. The van der Waals surface area contributed by atoms with Crippen molar-refractivity contribution in [1.29, 1.82) is 0 Å². The van der Waals surface area contributed by atoms with E-state index in [1.165, 1.54) is 13.2 Å². The first-order valence-corrected chi connectivity index (χ1v) is 7.27. The summed E-state index contributed by atoms with van der Waals surface area (Å²) in [6.45, 7) is 0.310. The van der Waals surface area contributed by atoms with E-state index >= 15 is 0 Å². The van der Waals surface area contributed by atoms with Crippen molar-refractivity contribution in [2.45, 2.75) is 18.8 Å². The summed E-state index contributed by atoms with van der Waals surface area (Å²) in [7, 11) is 1.31. The number of hydrogen-bond donors (Lipinski definition) is 1. The van der Waals surface area contributed by atoms with Gasteiger partial charge < -0.3 is 10.1 Å². The Morgan fingerprint density at radius 3 is 2.62 bits per heavy atom. The van der Waals surface area contributed by atoms with E-state index in [2.05, 4.69) is 10.1 Å². The molecule has 1 fully saturated rings. The van der Waals surface area contributed by atoms with Crippen LogP contribution in [0.25, 0.3) is 0 Å². The summed E-state index contributed by atoms with van der Waals surface area (Å²) >= 11 is 5.88. The average molecular weight is 308 g/mol. The third-order valence-electron chi connectivity index (χ3n) is 3.45. The molecule has 1 N–H and O–H groups in total. The molecule has 1 atom stereocenters. The predicted octanol–water partition coefficient (Wildman–Crippen LogP) is 2.68. The Morgan fingerprint density at radius 2 is 2.05 bits per heavy atom. The van der Waals surface area contributed by atoms with Crippen LogP contribution in [0, 0.1) is 5.92 Å². The smallest absolute Gasteiger partial charge is 0.330 e. The van der Waals surface area contributed by atoms with Crippen molar-refractivity contribution in [2.24, 2.45) is 5.92 Å². The molecule has 21 heavy (non-hydrogen) atoms. The molecule has 0 spiro atoms. The first-order chi connectivity index (χ1) is 10.1. The number of carbonyl (C=O) groups excluding carboxylic acids is 2. The molecule has 1 aliphatic rings. The maximum atomic E-state index is 12.3. The summed E-state index contributed by atoms with van der Waals surface area (Å²) in [6.07, 6.45) is 5.02. The summed E-state index contributed by atoms with van der Waals surface area (Å²) in [4.78, 5) is 23.3. The quantitative estimate of drug-likeness (QED) is 0.649. The van der Waals surface area contributed by atoms with Crippen molar-refractivity contribution in [2.75, 3.05) is 13.7 Å². The Kier molecular flexibility index (Phi) is 5.39. The van der Waals surface area contributed by atoms with Gasteiger partial charge in [0.05, 0.1) is 13.0 Å². The lowest BCUT2D eigenvalue weighted by molar-refractivity contribution is -0.134. The lowest BCUT2D eigenvalue weighted by Gasteiger charge is -2.16. The number of halogens is 1. The molecule has 0 aliphatic heterocycles. The minimum atomic E-state index is -0.430. The Balaban J connectivity index is 1.95. The van der Waals surface area contributed by atoms with Crippen LogP contribution < -0.4 is 5.32 Å². The van der Waals surface area contributed by atoms with E-state index in [4.69, 9.17) is 11.6 Å². The molecule has 112 valence electrons. The van der Waals surface area contributed by atoms with Crippen LogP contribution in [-0.2, 0) is 14.3 Å². The first-order valence-electron chi connectivity index (χ1n) is 6.89. The fourth-order valence-corrected chi connectivity index (χ4v) is 2.36. The molecule has 0 heterocycles. The zero-order chi connectivity index (χ0) is 15.2. The fourth-order valence-electron chi connectivity index (χ4n) is 2.23. The average Bonchev–Trinajstić information content (AvgIpc) is 3.30. The van der Waals surface area contributed by atoms with Crippen molar-refractivity contribution in [1.82, 2.24) is 5.32 Å². The summed E-state index contributed by atoms with van der Waals surface area (Å²) in [6, 6.07) is 7.40. The van der Waals surface area contributed by atoms with E-state index in [9.17, 15) is 9.59 Å². The Labute approximate surface area is 129 Å². The summed E-state index contributed by atoms with van der Waals surface area (Å²) < 4.78 is 4.48. The van der Waals surface area contributed by atoms with Crippen LogP contribution in [0.1, 0.15) is 24.3 Å². The minimum absolute atomic E-state index is 0.0191. The minimum Gasteiger partial charge on any atom is -0.466 e. The van der Waals surface area contributed by atoms with Gasteiger partial charge in [0.15, 0.2) is 0 Å². The van der Waals surface area contributed by atoms with Crippen LogP contribution in [-0.4, -0.2) is 25.5 Å². The molecule has 1 saturated carbocycles. The Hall–Kier alpha value is -1.81. The number of nitrogens with one attached hydrogen (secondary N) is 1. The molecule has 1 unspecified atom stereocenters. The molecule has 0 saturated heterocycles. The number of rotatable bonds is 6. The molecule has 0 aromatic heterocycles.